The third-order valence-electron chi connectivity index (χ3n) is 2.89. The Hall–Kier alpha value is 0.440. The third kappa shape index (κ3) is 5.69. The van der Waals surface area contributed by atoms with Gasteiger partial charge >= 0.3 is 0 Å². The Morgan fingerprint density at radius 2 is 1.85 bits per heavy atom. The summed E-state index contributed by atoms with van der Waals surface area (Å²) in [4.78, 5) is 0. The van der Waals surface area contributed by atoms with Crippen LogP contribution in [0, 0.1) is 5.92 Å². The highest BCUT2D eigenvalue weighted by Gasteiger charge is 2.13. The molecule has 1 saturated carbocycles. The van der Waals surface area contributed by atoms with Crippen molar-refractivity contribution in [1.82, 2.24) is 5.32 Å². The average molecular weight is 248 g/mol. The van der Waals surface area contributed by atoms with Gasteiger partial charge in [0.05, 0.1) is 0 Å². The van der Waals surface area contributed by atoms with Crippen LogP contribution in [0.15, 0.2) is 0 Å². The maximum absolute atomic E-state index is 3.57. The minimum Gasteiger partial charge on any atom is -0.316 e. The lowest BCUT2D eigenvalue weighted by atomic mass is 10.1. The van der Waals surface area contributed by atoms with Crippen molar-refractivity contribution in [2.75, 3.05) is 18.4 Å². The number of hydrogen-bond acceptors (Lipinski definition) is 1. The molecule has 0 saturated heterocycles. The van der Waals surface area contributed by atoms with Gasteiger partial charge in [0.15, 0.2) is 0 Å². The molecule has 1 fully saturated rings. The summed E-state index contributed by atoms with van der Waals surface area (Å²) in [5.74, 6) is 0.996. The zero-order valence-electron chi connectivity index (χ0n) is 8.53. The highest BCUT2D eigenvalue weighted by Crippen LogP contribution is 2.23. The van der Waals surface area contributed by atoms with Gasteiger partial charge in [0.25, 0.3) is 0 Å². The molecule has 0 aromatic carbocycles. The molecule has 0 atom stereocenters. The summed E-state index contributed by atoms with van der Waals surface area (Å²) >= 11 is 3.45. The lowest BCUT2D eigenvalue weighted by molar-refractivity contribution is 0.482. The van der Waals surface area contributed by atoms with Crippen molar-refractivity contribution < 1.29 is 0 Å². The molecular weight excluding hydrogens is 226 g/mol. The van der Waals surface area contributed by atoms with E-state index in [0.29, 0.717) is 0 Å². The molecule has 0 radical (unpaired) electrons. The molecule has 1 nitrogen and oxygen atoms in total. The van der Waals surface area contributed by atoms with Crippen LogP contribution in [-0.4, -0.2) is 18.4 Å². The molecule has 0 heterocycles. The van der Waals surface area contributed by atoms with Crippen LogP contribution in [0.3, 0.4) is 0 Å². The standard InChI is InChI=1S/C11H22BrN/c12-8-4-1-5-9-13-10-11-6-2-3-7-11/h11,13H,1-10H2. The summed E-state index contributed by atoms with van der Waals surface area (Å²) in [6.45, 7) is 2.50. The lowest BCUT2D eigenvalue weighted by Crippen LogP contribution is -2.22. The van der Waals surface area contributed by atoms with Crippen LogP contribution >= 0.6 is 15.9 Å². The van der Waals surface area contributed by atoms with E-state index < -0.39 is 0 Å². The number of unbranched alkanes of at least 4 members (excludes halogenated alkanes) is 2. The molecule has 0 amide bonds. The van der Waals surface area contributed by atoms with E-state index in [4.69, 9.17) is 0 Å². The Balaban J connectivity index is 1.78. The molecule has 13 heavy (non-hydrogen) atoms. The van der Waals surface area contributed by atoms with E-state index in [1.165, 1.54) is 58.0 Å². The Morgan fingerprint density at radius 3 is 2.54 bits per heavy atom. The molecule has 0 spiro atoms. The van der Waals surface area contributed by atoms with Crippen LogP contribution in [0.25, 0.3) is 0 Å². The summed E-state index contributed by atoms with van der Waals surface area (Å²) in [6, 6.07) is 0. The largest absolute Gasteiger partial charge is 0.316 e. The molecule has 2 heteroatoms. The molecule has 0 aromatic rings. The second-order valence-corrected chi connectivity index (χ2v) is 4.90. The van der Waals surface area contributed by atoms with Gasteiger partial charge in [-0.3, -0.25) is 0 Å². The maximum atomic E-state index is 3.57. The fraction of sp³-hybridized carbons (Fsp3) is 1.00. The van der Waals surface area contributed by atoms with Gasteiger partial charge in [0, 0.05) is 5.33 Å². The SMILES string of the molecule is BrCCCCCNCC1CCCC1. The number of rotatable bonds is 7. The monoisotopic (exact) mass is 247 g/mol. The quantitative estimate of drug-likeness (QED) is 0.538. The van der Waals surface area contributed by atoms with Crippen LogP contribution < -0.4 is 5.32 Å². The number of alkyl halides is 1. The first-order valence-electron chi connectivity index (χ1n) is 5.70. The highest BCUT2D eigenvalue weighted by atomic mass is 79.9. The zero-order valence-corrected chi connectivity index (χ0v) is 10.1. The molecular formula is C11H22BrN. The van der Waals surface area contributed by atoms with Gasteiger partial charge in [-0.1, -0.05) is 35.2 Å². The Morgan fingerprint density at radius 1 is 1.08 bits per heavy atom. The van der Waals surface area contributed by atoms with E-state index in [-0.39, 0.29) is 0 Å². The van der Waals surface area contributed by atoms with Crippen molar-refractivity contribution >= 4 is 15.9 Å². The van der Waals surface area contributed by atoms with Crippen molar-refractivity contribution in [2.45, 2.75) is 44.9 Å². The van der Waals surface area contributed by atoms with Crippen LogP contribution in [0.4, 0.5) is 0 Å². The molecule has 0 aromatic heterocycles. The molecule has 0 bridgehead atoms. The van der Waals surface area contributed by atoms with Crippen molar-refractivity contribution in [3.63, 3.8) is 0 Å². The predicted molar refractivity (Wildman–Crippen MR) is 62.5 cm³/mol. The van der Waals surface area contributed by atoms with Gasteiger partial charge in [-0.05, 0) is 44.7 Å². The normalized spacial score (nSPS) is 18.2. The first kappa shape index (κ1) is 11.5. The fourth-order valence-corrected chi connectivity index (χ4v) is 2.44. The van der Waals surface area contributed by atoms with E-state index in [2.05, 4.69) is 21.2 Å². The zero-order chi connectivity index (χ0) is 9.36. The third-order valence-corrected chi connectivity index (χ3v) is 3.46. The molecule has 78 valence electrons. The van der Waals surface area contributed by atoms with Gasteiger partial charge < -0.3 is 5.32 Å². The summed E-state index contributed by atoms with van der Waals surface area (Å²) < 4.78 is 0. The summed E-state index contributed by atoms with van der Waals surface area (Å²) in [6.07, 6.45) is 9.90. The number of hydrogen-bond donors (Lipinski definition) is 1. The second kappa shape index (κ2) is 7.81. The van der Waals surface area contributed by atoms with Gasteiger partial charge in [0.1, 0.15) is 0 Å². The molecule has 1 rings (SSSR count). The van der Waals surface area contributed by atoms with E-state index in [9.17, 15) is 0 Å². The number of halogens is 1. The Kier molecular flexibility index (Phi) is 6.92. The lowest BCUT2D eigenvalue weighted by Gasteiger charge is -2.09. The minimum absolute atomic E-state index is 0.996. The summed E-state index contributed by atoms with van der Waals surface area (Å²) in [5.41, 5.74) is 0. The average Bonchev–Trinajstić information content (AvgIpc) is 2.63. The van der Waals surface area contributed by atoms with Crippen LogP contribution in [0.5, 0.6) is 0 Å². The molecule has 0 unspecified atom stereocenters. The highest BCUT2D eigenvalue weighted by molar-refractivity contribution is 9.09. The van der Waals surface area contributed by atoms with Crippen LogP contribution in [-0.2, 0) is 0 Å². The summed E-state index contributed by atoms with van der Waals surface area (Å²) in [5, 5.41) is 4.73. The smallest absolute Gasteiger partial charge is 0.00313 e. The van der Waals surface area contributed by atoms with Crippen molar-refractivity contribution in [3.05, 3.63) is 0 Å². The van der Waals surface area contributed by atoms with Crippen LogP contribution in [0.1, 0.15) is 44.9 Å². The second-order valence-electron chi connectivity index (χ2n) is 4.10. The number of nitrogens with one attached hydrogen (secondary N) is 1. The van der Waals surface area contributed by atoms with Gasteiger partial charge in [-0.2, -0.15) is 0 Å². The van der Waals surface area contributed by atoms with Gasteiger partial charge in [-0.25, -0.2) is 0 Å². The first-order valence-corrected chi connectivity index (χ1v) is 6.82. The van der Waals surface area contributed by atoms with E-state index in [1.807, 2.05) is 0 Å². The molecule has 1 N–H and O–H groups in total. The fourth-order valence-electron chi connectivity index (χ4n) is 2.04. The Labute approximate surface area is 90.8 Å². The molecule has 1 aliphatic carbocycles. The molecule has 1 aliphatic rings. The van der Waals surface area contributed by atoms with Gasteiger partial charge in [0.2, 0.25) is 0 Å². The van der Waals surface area contributed by atoms with Crippen LogP contribution in [0.2, 0.25) is 0 Å². The summed E-state index contributed by atoms with van der Waals surface area (Å²) in [7, 11) is 0. The predicted octanol–water partition coefficient (Wildman–Crippen LogP) is 3.33. The minimum atomic E-state index is 0.996. The van der Waals surface area contributed by atoms with E-state index in [1.54, 1.807) is 0 Å². The van der Waals surface area contributed by atoms with Crippen molar-refractivity contribution in [3.8, 4) is 0 Å². The maximum Gasteiger partial charge on any atom is 0.00313 e. The van der Waals surface area contributed by atoms with E-state index >= 15 is 0 Å². The van der Waals surface area contributed by atoms with Gasteiger partial charge in [-0.15, -0.1) is 0 Å². The molecule has 0 aliphatic heterocycles. The first-order chi connectivity index (χ1) is 6.43. The van der Waals surface area contributed by atoms with Crippen molar-refractivity contribution in [1.29, 1.82) is 0 Å². The Bertz CT molecular complexity index is 111. The topological polar surface area (TPSA) is 12.0 Å². The van der Waals surface area contributed by atoms with Crippen molar-refractivity contribution in [2.24, 2.45) is 5.92 Å². The van der Waals surface area contributed by atoms with E-state index in [0.717, 1.165) is 11.2 Å².